The maximum Gasteiger partial charge on any atom is 0.271 e. The van der Waals surface area contributed by atoms with Crippen LogP contribution in [0.3, 0.4) is 0 Å². The summed E-state index contributed by atoms with van der Waals surface area (Å²) in [5, 5.41) is 2.69. The number of methoxy groups -OCH3 is 1. The molecule has 0 aliphatic carbocycles. The summed E-state index contributed by atoms with van der Waals surface area (Å²) in [6, 6.07) is 0. The van der Waals surface area contributed by atoms with E-state index < -0.39 is 0 Å². The second kappa shape index (κ2) is 5.95. The van der Waals surface area contributed by atoms with Gasteiger partial charge in [0, 0.05) is 13.7 Å². The van der Waals surface area contributed by atoms with Gasteiger partial charge in [-0.3, -0.25) is 4.79 Å². The Balaban J connectivity index is 2.58. The number of alkyl halides is 1. The molecule has 5 nitrogen and oxygen atoms in total. The van der Waals surface area contributed by atoms with Gasteiger partial charge in [-0.25, -0.2) is 4.98 Å². The Hall–Kier alpha value is -0.780. The minimum absolute atomic E-state index is 0.0267. The van der Waals surface area contributed by atoms with E-state index >= 15 is 0 Å². The highest BCUT2D eigenvalue weighted by Gasteiger charge is 2.08. The van der Waals surface area contributed by atoms with E-state index in [0.717, 1.165) is 0 Å². The second-order valence-electron chi connectivity index (χ2n) is 2.83. The fourth-order valence-electron chi connectivity index (χ4n) is 0.953. The number of aromatic nitrogens is 2. The third kappa shape index (κ3) is 3.70. The largest absolute Gasteiger partial charge is 0.383 e. The lowest BCUT2D eigenvalue weighted by Crippen LogP contribution is -2.21. The molecule has 1 unspecified atom stereocenters. The van der Waals surface area contributed by atoms with Crippen molar-refractivity contribution < 1.29 is 4.74 Å². The number of ether oxygens (including phenoxy) is 1. The maximum absolute atomic E-state index is 11.1. The molecule has 0 radical (unpaired) electrons. The number of halogens is 2. The van der Waals surface area contributed by atoms with Gasteiger partial charge in [0.05, 0.1) is 18.3 Å². The third-order valence-corrected chi connectivity index (χ3v) is 2.27. The van der Waals surface area contributed by atoms with E-state index in [1.54, 1.807) is 7.11 Å². The SMILES string of the molecule is COCC(Cl)CNc1nc[nH]c(=O)c1Cl. The topological polar surface area (TPSA) is 67.0 Å². The number of rotatable bonds is 5. The zero-order valence-corrected chi connectivity index (χ0v) is 9.60. The molecule has 7 heteroatoms. The van der Waals surface area contributed by atoms with E-state index in [1.807, 2.05) is 0 Å². The highest BCUT2D eigenvalue weighted by Crippen LogP contribution is 2.12. The fraction of sp³-hybridized carbons (Fsp3) is 0.500. The fourth-order valence-corrected chi connectivity index (χ4v) is 1.33. The molecule has 0 saturated carbocycles. The lowest BCUT2D eigenvalue weighted by Gasteiger charge is -2.10. The maximum atomic E-state index is 11.1. The van der Waals surface area contributed by atoms with Gasteiger partial charge < -0.3 is 15.0 Å². The monoisotopic (exact) mass is 251 g/mol. The van der Waals surface area contributed by atoms with Crippen molar-refractivity contribution in [3.05, 3.63) is 21.7 Å². The highest BCUT2D eigenvalue weighted by atomic mass is 35.5. The van der Waals surface area contributed by atoms with Gasteiger partial charge in [0.25, 0.3) is 5.56 Å². The molecule has 1 aromatic rings. The summed E-state index contributed by atoms with van der Waals surface area (Å²) >= 11 is 11.6. The van der Waals surface area contributed by atoms with Crippen LogP contribution in [0.4, 0.5) is 5.82 Å². The van der Waals surface area contributed by atoms with Crippen LogP contribution < -0.4 is 10.9 Å². The Morgan fingerprint density at radius 1 is 1.73 bits per heavy atom. The first-order valence-corrected chi connectivity index (χ1v) is 5.06. The minimum Gasteiger partial charge on any atom is -0.383 e. The van der Waals surface area contributed by atoms with Crippen LogP contribution in [0, 0.1) is 0 Å². The molecular formula is C8H11Cl2N3O2. The van der Waals surface area contributed by atoms with Crippen molar-refractivity contribution in [2.24, 2.45) is 0 Å². The molecule has 0 aromatic carbocycles. The summed E-state index contributed by atoms with van der Waals surface area (Å²) in [7, 11) is 1.56. The average Bonchev–Trinajstić information content (AvgIpc) is 2.21. The van der Waals surface area contributed by atoms with Gasteiger partial charge in [-0.05, 0) is 0 Å². The van der Waals surface area contributed by atoms with Crippen molar-refractivity contribution in [3.8, 4) is 0 Å². The molecule has 15 heavy (non-hydrogen) atoms. The Kier molecular flexibility index (Phi) is 4.87. The van der Waals surface area contributed by atoms with Crippen LogP contribution >= 0.6 is 23.2 Å². The number of hydrogen-bond donors (Lipinski definition) is 2. The quantitative estimate of drug-likeness (QED) is 0.770. The second-order valence-corrected chi connectivity index (χ2v) is 3.82. The molecule has 0 fully saturated rings. The predicted octanol–water partition coefficient (Wildman–Crippen LogP) is 1.09. The standard InChI is InChI=1S/C8H11Cl2N3O2/c1-15-3-5(9)2-11-7-6(10)8(14)13-4-12-7/h4-5H,2-3H2,1H3,(H2,11,12,13,14). The van der Waals surface area contributed by atoms with Gasteiger partial charge >= 0.3 is 0 Å². The first-order chi connectivity index (χ1) is 7.15. The minimum atomic E-state index is -0.382. The molecule has 1 rings (SSSR count). The molecule has 1 atom stereocenters. The van der Waals surface area contributed by atoms with Crippen molar-refractivity contribution in [2.75, 3.05) is 25.6 Å². The normalized spacial score (nSPS) is 12.5. The first-order valence-electron chi connectivity index (χ1n) is 4.25. The molecule has 0 aliphatic rings. The molecule has 1 aromatic heterocycles. The Bertz CT molecular complexity index is 369. The first kappa shape index (κ1) is 12.3. The van der Waals surface area contributed by atoms with Gasteiger partial charge in [-0.2, -0.15) is 0 Å². The molecule has 0 spiro atoms. The van der Waals surface area contributed by atoms with Gasteiger partial charge in [0.2, 0.25) is 0 Å². The van der Waals surface area contributed by atoms with E-state index in [9.17, 15) is 4.79 Å². The number of hydrogen-bond acceptors (Lipinski definition) is 4. The summed E-state index contributed by atoms with van der Waals surface area (Å²) in [5.74, 6) is 0.321. The molecule has 0 amide bonds. The zero-order chi connectivity index (χ0) is 11.3. The van der Waals surface area contributed by atoms with Crippen molar-refractivity contribution >= 4 is 29.0 Å². The number of nitrogens with one attached hydrogen (secondary N) is 2. The predicted molar refractivity (Wildman–Crippen MR) is 59.9 cm³/mol. The van der Waals surface area contributed by atoms with Crippen molar-refractivity contribution in [3.63, 3.8) is 0 Å². The van der Waals surface area contributed by atoms with Crippen molar-refractivity contribution in [1.29, 1.82) is 0 Å². The van der Waals surface area contributed by atoms with E-state index in [-0.39, 0.29) is 16.0 Å². The van der Waals surface area contributed by atoms with E-state index in [1.165, 1.54) is 6.33 Å². The third-order valence-electron chi connectivity index (χ3n) is 1.64. The van der Waals surface area contributed by atoms with Crippen LogP contribution in [-0.2, 0) is 4.74 Å². The van der Waals surface area contributed by atoms with Crippen LogP contribution in [0.25, 0.3) is 0 Å². The van der Waals surface area contributed by atoms with E-state index in [2.05, 4.69) is 15.3 Å². The van der Waals surface area contributed by atoms with Gasteiger partial charge in [0.15, 0.2) is 5.82 Å². The summed E-state index contributed by atoms with van der Waals surface area (Å²) in [4.78, 5) is 17.3. The van der Waals surface area contributed by atoms with Crippen molar-refractivity contribution in [2.45, 2.75) is 5.38 Å². The molecule has 2 N–H and O–H groups in total. The Labute approximate surface area is 96.8 Å². The number of nitrogens with zero attached hydrogens (tertiary/aromatic N) is 1. The lowest BCUT2D eigenvalue weighted by atomic mass is 10.4. The summed E-state index contributed by atoms with van der Waals surface area (Å²) in [6.07, 6.45) is 1.27. The van der Waals surface area contributed by atoms with Crippen molar-refractivity contribution in [1.82, 2.24) is 9.97 Å². The Morgan fingerprint density at radius 2 is 2.47 bits per heavy atom. The van der Waals surface area contributed by atoms with Crippen LogP contribution in [0.1, 0.15) is 0 Å². The lowest BCUT2D eigenvalue weighted by molar-refractivity contribution is 0.200. The smallest absolute Gasteiger partial charge is 0.271 e. The summed E-state index contributed by atoms with van der Waals surface area (Å²) in [6.45, 7) is 0.834. The van der Waals surface area contributed by atoms with E-state index in [4.69, 9.17) is 27.9 Å². The Morgan fingerprint density at radius 3 is 3.13 bits per heavy atom. The number of H-pyrrole nitrogens is 1. The molecule has 0 aliphatic heterocycles. The van der Waals surface area contributed by atoms with Crippen LogP contribution in [0.15, 0.2) is 11.1 Å². The molecule has 1 heterocycles. The summed E-state index contributed by atoms with van der Waals surface area (Å²) < 4.78 is 4.85. The van der Waals surface area contributed by atoms with Gasteiger partial charge in [0.1, 0.15) is 5.02 Å². The van der Waals surface area contributed by atoms with Gasteiger partial charge in [-0.15, -0.1) is 11.6 Å². The number of aromatic amines is 1. The highest BCUT2D eigenvalue weighted by molar-refractivity contribution is 6.32. The molecule has 0 saturated heterocycles. The van der Waals surface area contributed by atoms with Crippen LogP contribution in [0.5, 0.6) is 0 Å². The zero-order valence-electron chi connectivity index (χ0n) is 8.09. The molecular weight excluding hydrogens is 241 g/mol. The van der Waals surface area contributed by atoms with Gasteiger partial charge in [-0.1, -0.05) is 11.6 Å². The number of anilines is 1. The molecule has 0 bridgehead atoms. The summed E-state index contributed by atoms with van der Waals surface area (Å²) in [5.41, 5.74) is -0.382. The van der Waals surface area contributed by atoms with E-state index in [0.29, 0.717) is 19.0 Å². The van der Waals surface area contributed by atoms with Crippen LogP contribution in [-0.4, -0.2) is 35.6 Å². The molecule has 84 valence electrons. The van der Waals surface area contributed by atoms with Crippen LogP contribution in [0.2, 0.25) is 5.02 Å². The average molecular weight is 252 g/mol.